The van der Waals surface area contributed by atoms with Crippen molar-refractivity contribution >= 4 is 30.4 Å². The minimum Gasteiger partial charge on any atom is -0.383 e. The lowest BCUT2D eigenvalue weighted by molar-refractivity contribution is 0.491. The summed E-state index contributed by atoms with van der Waals surface area (Å²) in [6.07, 6.45) is 2.89. The van der Waals surface area contributed by atoms with E-state index in [4.69, 9.17) is 12.5 Å². The molecule has 4 rings (SSSR count). The number of benzene rings is 4. The molecule has 204 valence electrons. The Kier molecular flexibility index (Phi) is 7.73. The average molecular weight is 589 g/mol. The zero-order valence-corrected chi connectivity index (χ0v) is 23.5. The highest BCUT2D eigenvalue weighted by atomic mass is 32.2. The summed E-state index contributed by atoms with van der Waals surface area (Å²) in [5, 5.41) is 0. The molecule has 9 nitrogen and oxygen atoms in total. The van der Waals surface area contributed by atoms with Crippen molar-refractivity contribution in [1.29, 1.82) is 0 Å². The van der Waals surface area contributed by atoms with Gasteiger partial charge in [0.2, 0.25) is 0 Å². The molecule has 12 heteroatoms. The molecule has 0 aliphatic heterocycles. The molecule has 0 heterocycles. The molecule has 4 aromatic carbocycles. The van der Waals surface area contributed by atoms with Gasteiger partial charge in [0.25, 0.3) is 0 Å². The van der Waals surface area contributed by atoms with Gasteiger partial charge < -0.3 is 12.5 Å². The average Bonchev–Trinajstić information content (AvgIpc) is 2.82. The Bertz CT molecular complexity index is 1710. The molecule has 0 fully saturated rings. The molecule has 0 aromatic heterocycles. The highest BCUT2D eigenvalue weighted by Crippen LogP contribution is 2.41. The number of rotatable bonds is 9. The summed E-state index contributed by atoms with van der Waals surface area (Å²) in [5.74, 6) is 0.496. The molecule has 0 radical (unpaired) electrons. The van der Waals surface area contributed by atoms with Crippen LogP contribution in [0.25, 0.3) is 33.4 Å². The van der Waals surface area contributed by atoms with E-state index < -0.39 is 30.4 Å². The Morgan fingerprint density at radius 3 is 0.974 bits per heavy atom. The summed E-state index contributed by atoms with van der Waals surface area (Å²) in [5.41, 5.74) is 4.66. The highest BCUT2D eigenvalue weighted by Gasteiger charge is 2.16. The second-order valence-corrected chi connectivity index (χ2v) is 13.4. The Morgan fingerprint density at radius 1 is 0.410 bits per heavy atom. The molecule has 0 amide bonds. The van der Waals surface area contributed by atoms with Gasteiger partial charge in [0.1, 0.15) is 17.2 Å². The van der Waals surface area contributed by atoms with Crippen molar-refractivity contribution in [2.24, 2.45) is 0 Å². The first kappa shape index (κ1) is 28.1. The highest BCUT2D eigenvalue weighted by molar-refractivity contribution is 7.86. The molecule has 0 unspecified atom stereocenters. The maximum Gasteiger partial charge on any atom is 0.306 e. The van der Waals surface area contributed by atoms with Crippen LogP contribution in [-0.2, 0) is 30.4 Å². The van der Waals surface area contributed by atoms with Gasteiger partial charge in [0.05, 0.1) is 18.8 Å². The van der Waals surface area contributed by atoms with E-state index in [2.05, 4.69) is 0 Å². The molecule has 0 saturated carbocycles. The van der Waals surface area contributed by atoms with E-state index in [1.165, 1.54) is 0 Å². The quantitative estimate of drug-likeness (QED) is 0.255. The Morgan fingerprint density at radius 2 is 0.692 bits per heavy atom. The maximum absolute atomic E-state index is 11.5. The topological polar surface area (TPSA) is 130 Å². The van der Waals surface area contributed by atoms with E-state index in [9.17, 15) is 25.3 Å². The second-order valence-electron chi connectivity index (χ2n) is 8.66. The molecule has 0 atom stereocenters. The third-order valence-corrected chi connectivity index (χ3v) is 6.77. The van der Waals surface area contributed by atoms with E-state index in [-0.39, 0.29) is 17.2 Å². The minimum atomic E-state index is -3.70. The first-order chi connectivity index (χ1) is 18.2. The summed E-state index contributed by atoms with van der Waals surface area (Å²) in [6, 6.07) is 25.3. The van der Waals surface area contributed by atoms with Crippen LogP contribution >= 0.6 is 0 Å². The first-order valence-corrected chi connectivity index (χ1v) is 16.7. The van der Waals surface area contributed by atoms with Gasteiger partial charge in [-0.05, 0) is 69.8 Å². The summed E-state index contributed by atoms with van der Waals surface area (Å²) >= 11 is 0. The monoisotopic (exact) mass is 588 g/mol. The lowest BCUT2D eigenvalue weighted by Crippen LogP contribution is -2.05. The third-order valence-electron chi connectivity index (χ3n) is 5.28. The molecule has 0 aliphatic carbocycles. The molecule has 0 aliphatic rings. The SMILES string of the molecule is CS(=O)(=O)Oc1ccc(-c2cccc(-c3ccc(OS(C)(=O)=O)cc3)c2-c2ccc(OS(C)(=O)=O)cc2)cc1. The van der Waals surface area contributed by atoms with Crippen LogP contribution in [0.4, 0.5) is 0 Å². The van der Waals surface area contributed by atoms with Crippen molar-refractivity contribution in [3.8, 4) is 50.6 Å². The van der Waals surface area contributed by atoms with Gasteiger partial charge in [-0.25, -0.2) is 0 Å². The van der Waals surface area contributed by atoms with Gasteiger partial charge in [-0.15, -0.1) is 0 Å². The number of hydrogen-bond donors (Lipinski definition) is 0. The van der Waals surface area contributed by atoms with Crippen LogP contribution < -0.4 is 12.5 Å². The molecular weight excluding hydrogens is 564 g/mol. The lowest BCUT2D eigenvalue weighted by atomic mass is 9.87. The lowest BCUT2D eigenvalue weighted by Gasteiger charge is -2.17. The van der Waals surface area contributed by atoms with Gasteiger partial charge in [0.15, 0.2) is 0 Å². The summed E-state index contributed by atoms with van der Waals surface area (Å²) in [7, 11) is -11.1. The Labute approximate surface area is 228 Å². The van der Waals surface area contributed by atoms with E-state index >= 15 is 0 Å². The standard InChI is InChI=1S/C27H24O9S3/c1-37(28,29)34-22-13-7-19(8-14-22)25-5-4-6-26(20-9-15-23(16-10-20)35-38(2,30)31)27(25)21-11-17-24(18-12-21)36-39(3,32)33/h4-18H,1-3H3. The van der Waals surface area contributed by atoms with Gasteiger partial charge >= 0.3 is 30.4 Å². The van der Waals surface area contributed by atoms with Crippen LogP contribution in [0.5, 0.6) is 17.2 Å². The van der Waals surface area contributed by atoms with Crippen LogP contribution in [0.3, 0.4) is 0 Å². The zero-order valence-electron chi connectivity index (χ0n) is 21.1. The van der Waals surface area contributed by atoms with Gasteiger partial charge in [0, 0.05) is 0 Å². The first-order valence-electron chi connectivity index (χ1n) is 11.3. The van der Waals surface area contributed by atoms with Crippen molar-refractivity contribution in [2.75, 3.05) is 18.8 Å². The minimum absolute atomic E-state index is 0.157. The van der Waals surface area contributed by atoms with Gasteiger partial charge in [-0.3, -0.25) is 0 Å². The number of hydrogen-bond acceptors (Lipinski definition) is 9. The fourth-order valence-corrected chi connectivity index (χ4v) is 5.31. The van der Waals surface area contributed by atoms with Crippen molar-refractivity contribution in [3.05, 3.63) is 91.0 Å². The smallest absolute Gasteiger partial charge is 0.306 e. The second kappa shape index (κ2) is 10.7. The van der Waals surface area contributed by atoms with E-state index in [0.29, 0.717) is 0 Å². The van der Waals surface area contributed by atoms with Crippen LogP contribution in [0, 0.1) is 0 Å². The molecule has 0 N–H and O–H groups in total. The molecular formula is C27H24O9S3. The van der Waals surface area contributed by atoms with Crippen molar-refractivity contribution in [1.82, 2.24) is 0 Å². The molecule has 4 aromatic rings. The van der Waals surface area contributed by atoms with Gasteiger partial charge in [-0.2, -0.15) is 25.3 Å². The predicted molar refractivity (Wildman–Crippen MR) is 149 cm³/mol. The molecule has 0 bridgehead atoms. The van der Waals surface area contributed by atoms with Crippen LogP contribution in [0.1, 0.15) is 0 Å². The van der Waals surface area contributed by atoms with Crippen molar-refractivity contribution < 1.29 is 37.8 Å². The fraction of sp³-hybridized carbons (Fsp3) is 0.111. The van der Waals surface area contributed by atoms with Crippen LogP contribution in [0.15, 0.2) is 91.0 Å². The summed E-state index contributed by atoms with van der Waals surface area (Å²) < 4.78 is 84.0. The predicted octanol–water partition coefficient (Wildman–Crippen LogP) is 4.70. The van der Waals surface area contributed by atoms with Gasteiger partial charge in [-0.1, -0.05) is 54.6 Å². The molecule has 39 heavy (non-hydrogen) atoms. The van der Waals surface area contributed by atoms with Crippen molar-refractivity contribution in [2.45, 2.75) is 0 Å². The molecule has 0 spiro atoms. The Balaban J connectivity index is 1.84. The van der Waals surface area contributed by atoms with E-state index in [1.54, 1.807) is 72.8 Å². The normalized spacial score (nSPS) is 12.1. The van der Waals surface area contributed by atoms with Crippen LogP contribution in [-0.4, -0.2) is 44.0 Å². The fourth-order valence-electron chi connectivity index (χ4n) is 3.93. The summed E-state index contributed by atoms with van der Waals surface area (Å²) in [6.45, 7) is 0. The largest absolute Gasteiger partial charge is 0.383 e. The third kappa shape index (κ3) is 7.82. The van der Waals surface area contributed by atoms with Crippen molar-refractivity contribution in [3.63, 3.8) is 0 Å². The zero-order chi connectivity index (χ0) is 28.4. The van der Waals surface area contributed by atoms with Crippen LogP contribution in [0.2, 0.25) is 0 Å². The van der Waals surface area contributed by atoms with E-state index in [1.807, 2.05) is 18.2 Å². The maximum atomic E-state index is 11.5. The molecule has 0 saturated heterocycles. The Hall–Kier alpha value is -3.87. The summed E-state index contributed by atoms with van der Waals surface area (Å²) in [4.78, 5) is 0. The van der Waals surface area contributed by atoms with E-state index in [0.717, 1.165) is 52.1 Å².